The molecule has 7 heteroatoms. The molecule has 0 aliphatic carbocycles. The predicted molar refractivity (Wildman–Crippen MR) is 112 cm³/mol. The maximum Gasteiger partial charge on any atom is 0.162 e. The Kier molecular flexibility index (Phi) is 10.3. The first-order valence-corrected chi connectivity index (χ1v) is 10.3. The lowest BCUT2D eigenvalue weighted by Gasteiger charge is -2.16. The summed E-state index contributed by atoms with van der Waals surface area (Å²) in [5.74, 6) is 0.936. The summed E-state index contributed by atoms with van der Waals surface area (Å²) in [6.45, 7) is 5.76. The van der Waals surface area contributed by atoms with Crippen molar-refractivity contribution in [3.05, 3.63) is 57.8 Å². The number of hydrogen-bond donors (Lipinski definition) is 3. The van der Waals surface area contributed by atoms with Gasteiger partial charge in [-0.25, -0.2) is 4.39 Å². The van der Waals surface area contributed by atoms with Gasteiger partial charge in [-0.3, -0.25) is 0 Å². The van der Waals surface area contributed by atoms with Crippen LogP contribution in [0.1, 0.15) is 24.5 Å². The van der Waals surface area contributed by atoms with Gasteiger partial charge in [-0.2, -0.15) is 0 Å². The van der Waals surface area contributed by atoms with Crippen molar-refractivity contribution in [1.29, 1.82) is 0 Å². The van der Waals surface area contributed by atoms with Gasteiger partial charge in [0.1, 0.15) is 12.4 Å². The van der Waals surface area contributed by atoms with Crippen LogP contribution in [-0.4, -0.2) is 38.0 Å². The average Bonchev–Trinajstić information content (AvgIpc) is 2.69. The second kappa shape index (κ2) is 12.7. The molecule has 2 rings (SSSR count). The lowest BCUT2D eigenvalue weighted by Crippen LogP contribution is -2.24. The van der Waals surface area contributed by atoms with Crippen LogP contribution in [0.5, 0.6) is 11.5 Å². The summed E-state index contributed by atoms with van der Waals surface area (Å²) in [5.41, 5.74) is 1.56. The van der Waals surface area contributed by atoms with E-state index in [0.717, 1.165) is 29.5 Å². The second-order valence-electron chi connectivity index (χ2n) is 6.21. The van der Waals surface area contributed by atoms with Crippen molar-refractivity contribution in [2.45, 2.75) is 26.5 Å². The molecule has 0 saturated carbocycles. The third-order valence-corrected chi connectivity index (χ3v) is 4.80. The van der Waals surface area contributed by atoms with Crippen LogP contribution < -0.4 is 20.1 Å². The molecule has 0 spiro atoms. The van der Waals surface area contributed by atoms with E-state index in [4.69, 9.17) is 14.6 Å². The molecular weight excluding hydrogens is 427 g/mol. The third-order valence-electron chi connectivity index (χ3n) is 4.06. The van der Waals surface area contributed by atoms with E-state index in [1.165, 1.54) is 6.07 Å². The Morgan fingerprint density at radius 1 is 1.00 bits per heavy atom. The normalized spacial score (nSPS) is 10.9. The molecule has 2 aromatic carbocycles. The highest BCUT2D eigenvalue weighted by atomic mass is 79.9. The van der Waals surface area contributed by atoms with Crippen LogP contribution in [0.2, 0.25) is 0 Å². The number of aliphatic hydroxyl groups excluding tert-OH is 1. The molecule has 0 aromatic heterocycles. The van der Waals surface area contributed by atoms with E-state index in [0.29, 0.717) is 36.8 Å². The van der Waals surface area contributed by atoms with Crippen LogP contribution in [0.15, 0.2) is 40.9 Å². The molecule has 0 heterocycles. The quantitative estimate of drug-likeness (QED) is 0.403. The molecule has 0 amide bonds. The molecule has 154 valence electrons. The van der Waals surface area contributed by atoms with E-state index in [-0.39, 0.29) is 19.0 Å². The van der Waals surface area contributed by atoms with Crippen molar-refractivity contribution < 1.29 is 19.0 Å². The number of aliphatic hydroxyl groups is 1. The lowest BCUT2D eigenvalue weighted by molar-refractivity contribution is 0.265. The van der Waals surface area contributed by atoms with Gasteiger partial charge in [0, 0.05) is 23.1 Å². The highest BCUT2D eigenvalue weighted by molar-refractivity contribution is 9.10. The number of ether oxygens (including phenoxy) is 2. The zero-order chi connectivity index (χ0) is 20.2. The van der Waals surface area contributed by atoms with E-state index >= 15 is 0 Å². The molecule has 0 saturated heterocycles. The maximum atomic E-state index is 13.8. The van der Waals surface area contributed by atoms with Crippen LogP contribution in [0.25, 0.3) is 0 Å². The fourth-order valence-corrected chi connectivity index (χ4v) is 3.09. The van der Waals surface area contributed by atoms with E-state index in [9.17, 15) is 4.39 Å². The van der Waals surface area contributed by atoms with Gasteiger partial charge in [0.25, 0.3) is 0 Å². The zero-order valence-electron chi connectivity index (χ0n) is 16.1. The van der Waals surface area contributed by atoms with Crippen molar-refractivity contribution in [2.24, 2.45) is 0 Å². The van der Waals surface area contributed by atoms with E-state index in [1.807, 2.05) is 19.1 Å². The molecular formula is C21H28BrFN2O3. The Morgan fingerprint density at radius 2 is 1.75 bits per heavy atom. The van der Waals surface area contributed by atoms with Crippen molar-refractivity contribution in [1.82, 2.24) is 10.6 Å². The topological polar surface area (TPSA) is 62.8 Å². The standard InChI is InChI=1S/C21H28BrFN2O3/c1-2-27-20-12-17(14-25-9-5-8-24-10-11-26)18(22)13-21(20)28-15-16-6-3-4-7-19(16)23/h3-4,6-7,12-13,24-26H,2,5,8-11,14-15H2,1H3. The predicted octanol–water partition coefficient (Wildman–Crippen LogP) is 3.63. The van der Waals surface area contributed by atoms with Crippen LogP contribution in [0.3, 0.4) is 0 Å². The minimum Gasteiger partial charge on any atom is -0.490 e. The summed E-state index contributed by atoms with van der Waals surface area (Å²) >= 11 is 3.59. The van der Waals surface area contributed by atoms with Gasteiger partial charge in [-0.05, 0) is 50.2 Å². The zero-order valence-corrected chi connectivity index (χ0v) is 17.7. The Balaban J connectivity index is 1.95. The van der Waals surface area contributed by atoms with E-state index in [1.54, 1.807) is 18.2 Å². The molecule has 0 fully saturated rings. The molecule has 3 N–H and O–H groups in total. The first kappa shape index (κ1) is 22.6. The van der Waals surface area contributed by atoms with Gasteiger partial charge < -0.3 is 25.2 Å². The highest BCUT2D eigenvalue weighted by Gasteiger charge is 2.12. The molecule has 0 atom stereocenters. The summed E-state index contributed by atoms with van der Waals surface area (Å²) in [5, 5.41) is 15.3. The summed E-state index contributed by atoms with van der Waals surface area (Å²) in [6, 6.07) is 10.4. The van der Waals surface area contributed by atoms with Crippen molar-refractivity contribution in [3.63, 3.8) is 0 Å². The lowest BCUT2D eigenvalue weighted by atomic mass is 10.2. The van der Waals surface area contributed by atoms with Gasteiger partial charge in [0.2, 0.25) is 0 Å². The molecule has 5 nitrogen and oxygen atoms in total. The number of halogens is 2. The number of rotatable bonds is 13. The van der Waals surface area contributed by atoms with Gasteiger partial charge in [0.05, 0.1) is 13.2 Å². The van der Waals surface area contributed by atoms with E-state index < -0.39 is 0 Å². The number of nitrogens with one attached hydrogen (secondary N) is 2. The summed E-state index contributed by atoms with van der Waals surface area (Å²) in [7, 11) is 0. The molecule has 0 aliphatic rings. The smallest absolute Gasteiger partial charge is 0.162 e. The van der Waals surface area contributed by atoms with Crippen molar-refractivity contribution >= 4 is 15.9 Å². The molecule has 0 aliphatic heterocycles. The summed E-state index contributed by atoms with van der Waals surface area (Å²) in [4.78, 5) is 0. The molecule has 28 heavy (non-hydrogen) atoms. The Labute approximate surface area is 174 Å². The number of benzene rings is 2. The second-order valence-corrected chi connectivity index (χ2v) is 7.06. The van der Waals surface area contributed by atoms with Crippen molar-refractivity contribution in [3.8, 4) is 11.5 Å². The third kappa shape index (κ3) is 7.39. The maximum absolute atomic E-state index is 13.8. The van der Waals surface area contributed by atoms with Crippen LogP contribution in [-0.2, 0) is 13.2 Å². The Morgan fingerprint density at radius 3 is 2.50 bits per heavy atom. The van der Waals surface area contributed by atoms with Crippen LogP contribution in [0, 0.1) is 5.82 Å². The SMILES string of the molecule is CCOc1cc(CNCCCNCCO)c(Br)cc1OCc1ccccc1F. The Bertz CT molecular complexity index is 731. The first-order valence-electron chi connectivity index (χ1n) is 9.49. The molecule has 2 aromatic rings. The molecule has 0 radical (unpaired) electrons. The largest absolute Gasteiger partial charge is 0.490 e. The van der Waals surface area contributed by atoms with Crippen LogP contribution in [0.4, 0.5) is 4.39 Å². The minimum absolute atomic E-state index is 0.137. The number of hydrogen-bond acceptors (Lipinski definition) is 5. The van der Waals surface area contributed by atoms with Gasteiger partial charge in [-0.1, -0.05) is 34.1 Å². The monoisotopic (exact) mass is 454 g/mol. The summed E-state index contributed by atoms with van der Waals surface area (Å²) < 4.78 is 26.3. The van der Waals surface area contributed by atoms with E-state index in [2.05, 4.69) is 26.6 Å². The fourth-order valence-electron chi connectivity index (χ4n) is 2.63. The highest BCUT2D eigenvalue weighted by Crippen LogP contribution is 2.34. The average molecular weight is 455 g/mol. The minimum atomic E-state index is -0.283. The summed E-state index contributed by atoms with van der Waals surface area (Å²) in [6.07, 6.45) is 0.972. The van der Waals surface area contributed by atoms with Gasteiger partial charge in [0.15, 0.2) is 11.5 Å². The van der Waals surface area contributed by atoms with Gasteiger partial charge in [-0.15, -0.1) is 0 Å². The van der Waals surface area contributed by atoms with Crippen LogP contribution >= 0.6 is 15.9 Å². The molecule has 0 bridgehead atoms. The fraction of sp³-hybridized carbons (Fsp3) is 0.429. The molecule has 0 unspecified atom stereocenters. The van der Waals surface area contributed by atoms with Gasteiger partial charge >= 0.3 is 0 Å². The Hall–Kier alpha value is -1.67. The first-order chi connectivity index (χ1) is 13.7. The van der Waals surface area contributed by atoms with Crippen molar-refractivity contribution in [2.75, 3.05) is 32.8 Å².